The van der Waals surface area contributed by atoms with E-state index in [1.54, 1.807) is 42.5 Å². The fourth-order valence-corrected chi connectivity index (χ4v) is 3.41. The van der Waals surface area contributed by atoms with E-state index in [9.17, 15) is 9.59 Å². The summed E-state index contributed by atoms with van der Waals surface area (Å²) >= 11 is 3.41. The van der Waals surface area contributed by atoms with E-state index in [2.05, 4.69) is 20.9 Å². The molecule has 6 heteroatoms. The van der Waals surface area contributed by atoms with Crippen LogP contribution in [0.1, 0.15) is 27.0 Å². The van der Waals surface area contributed by atoms with Gasteiger partial charge in [0.25, 0.3) is 0 Å². The summed E-state index contributed by atoms with van der Waals surface area (Å²) in [5.74, 6) is -0.560. The number of ether oxygens (including phenoxy) is 2. The molecule has 32 heavy (non-hydrogen) atoms. The number of rotatable bonds is 5. The van der Waals surface area contributed by atoms with E-state index in [4.69, 9.17) is 9.47 Å². The van der Waals surface area contributed by atoms with Gasteiger partial charge in [-0.05, 0) is 55.0 Å². The third kappa shape index (κ3) is 5.28. The molecule has 1 aliphatic rings. The van der Waals surface area contributed by atoms with E-state index in [1.165, 1.54) is 6.08 Å². The number of cyclic esters (lactones) is 1. The molecule has 0 bridgehead atoms. The summed E-state index contributed by atoms with van der Waals surface area (Å²) in [5.41, 5.74) is 2.99. The van der Waals surface area contributed by atoms with Crippen LogP contribution in [0, 0.1) is 6.92 Å². The van der Waals surface area contributed by atoms with Crippen molar-refractivity contribution in [2.24, 2.45) is 4.99 Å². The van der Waals surface area contributed by atoms with Gasteiger partial charge in [-0.1, -0.05) is 64.0 Å². The number of aliphatic imine (C=N–C) groups is 1. The maximum absolute atomic E-state index is 12.6. The second kappa shape index (κ2) is 9.58. The van der Waals surface area contributed by atoms with Gasteiger partial charge >= 0.3 is 11.9 Å². The van der Waals surface area contributed by atoms with Gasteiger partial charge in [0.15, 0.2) is 5.70 Å². The van der Waals surface area contributed by atoms with Crippen molar-refractivity contribution in [2.45, 2.75) is 6.92 Å². The van der Waals surface area contributed by atoms with Crippen molar-refractivity contribution in [3.63, 3.8) is 0 Å². The fourth-order valence-electron chi connectivity index (χ4n) is 3.03. The molecule has 0 spiro atoms. The molecule has 0 saturated heterocycles. The number of hydrogen-bond acceptors (Lipinski definition) is 5. The lowest BCUT2D eigenvalue weighted by atomic mass is 10.1. The third-order valence-electron chi connectivity index (χ3n) is 4.58. The molecule has 0 aliphatic carbocycles. The van der Waals surface area contributed by atoms with Crippen LogP contribution in [0.3, 0.4) is 0 Å². The van der Waals surface area contributed by atoms with Crippen molar-refractivity contribution < 1.29 is 19.1 Å². The summed E-state index contributed by atoms with van der Waals surface area (Å²) in [6.45, 7) is 1.90. The highest BCUT2D eigenvalue weighted by molar-refractivity contribution is 9.10. The number of esters is 2. The maximum atomic E-state index is 12.6. The molecule has 0 saturated carbocycles. The Bertz CT molecular complexity index is 1280. The van der Waals surface area contributed by atoms with Crippen molar-refractivity contribution in [1.29, 1.82) is 0 Å². The fraction of sp³-hybridized carbons (Fsp3) is 0.0385. The minimum atomic E-state index is -0.575. The lowest BCUT2D eigenvalue weighted by molar-refractivity contribution is -0.129. The van der Waals surface area contributed by atoms with Crippen LogP contribution in [0.15, 0.2) is 94.0 Å². The zero-order chi connectivity index (χ0) is 22.5. The summed E-state index contributed by atoms with van der Waals surface area (Å²) in [6.07, 6.45) is 4.98. The minimum Gasteiger partial charge on any atom is -0.422 e. The SMILES string of the molecule is Cc1cccc(C(=O)Oc2ccc(Br)cc2/C=C2N=C(/C=C/c3ccccc3)OC/2=O)c1. The first-order chi connectivity index (χ1) is 15.5. The zero-order valence-electron chi connectivity index (χ0n) is 17.1. The normalized spacial score (nSPS) is 14.5. The van der Waals surface area contributed by atoms with Crippen LogP contribution in [-0.2, 0) is 9.53 Å². The number of nitrogens with zero attached hydrogens (tertiary/aromatic N) is 1. The average molecular weight is 488 g/mol. The molecule has 0 radical (unpaired) electrons. The summed E-state index contributed by atoms with van der Waals surface area (Å²) in [6, 6.07) is 21.9. The Morgan fingerprint density at radius 3 is 2.59 bits per heavy atom. The van der Waals surface area contributed by atoms with Crippen LogP contribution >= 0.6 is 15.9 Å². The second-order valence-electron chi connectivity index (χ2n) is 7.05. The highest BCUT2D eigenvalue weighted by atomic mass is 79.9. The molecule has 0 atom stereocenters. The lowest BCUT2D eigenvalue weighted by Crippen LogP contribution is -2.09. The van der Waals surface area contributed by atoms with E-state index in [0.29, 0.717) is 16.9 Å². The van der Waals surface area contributed by atoms with Crippen molar-refractivity contribution in [2.75, 3.05) is 0 Å². The minimum absolute atomic E-state index is 0.115. The van der Waals surface area contributed by atoms with Gasteiger partial charge in [-0.25, -0.2) is 14.6 Å². The van der Waals surface area contributed by atoms with Crippen molar-refractivity contribution in [3.05, 3.63) is 111 Å². The van der Waals surface area contributed by atoms with Gasteiger partial charge < -0.3 is 9.47 Å². The number of halogens is 1. The van der Waals surface area contributed by atoms with Crippen LogP contribution in [0.5, 0.6) is 5.75 Å². The predicted octanol–water partition coefficient (Wildman–Crippen LogP) is 5.99. The highest BCUT2D eigenvalue weighted by Gasteiger charge is 2.22. The van der Waals surface area contributed by atoms with E-state index >= 15 is 0 Å². The molecular formula is C26H18BrNO4. The van der Waals surface area contributed by atoms with Gasteiger partial charge in [0.2, 0.25) is 5.90 Å². The summed E-state index contributed by atoms with van der Waals surface area (Å²) in [7, 11) is 0. The van der Waals surface area contributed by atoms with E-state index in [1.807, 2.05) is 49.4 Å². The highest BCUT2D eigenvalue weighted by Crippen LogP contribution is 2.28. The van der Waals surface area contributed by atoms with Gasteiger partial charge in [0.1, 0.15) is 5.75 Å². The lowest BCUT2D eigenvalue weighted by Gasteiger charge is -2.09. The average Bonchev–Trinajstić information content (AvgIpc) is 3.14. The van der Waals surface area contributed by atoms with Crippen LogP contribution in [0.25, 0.3) is 12.2 Å². The Balaban J connectivity index is 1.60. The molecule has 1 heterocycles. The number of hydrogen-bond donors (Lipinski definition) is 0. The van der Waals surface area contributed by atoms with Crippen molar-refractivity contribution in [1.82, 2.24) is 0 Å². The molecule has 3 aromatic carbocycles. The van der Waals surface area contributed by atoms with E-state index < -0.39 is 11.9 Å². The van der Waals surface area contributed by atoms with E-state index in [-0.39, 0.29) is 11.6 Å². The van der Waals surface area contributed by atoms with Crippen LogP contribution in [0.2, 0.25) is 0 Å². The van der Waals surface area contributed by atoms with Gasteiger partial charge in [-0.2, -0.15) is 0 Å². The molecule has 3 aromatic rings. The Kier molecular flexibility index (Phi) is 6.42. The molecule has 4 rings (SSSR count). The standard InChI is InChI=1S/C26H18BrNO4/c1-17-6-5-9-19(14-17)25(29)31-23-12-11-21(27)15-20(23)16-22-26(30)32-24(28-22)13-10-18-7-3-2-4-8-18/h2-16H,1H3/b13-10+,22-16+. The zero-order valence-corrected chi connectivity index (χ0v) is 18.7. The molecule has 0 fully saturated rings. The third-order valence-corrected chi connectivity index (χ3v) is 5.07. The predicted molar refractivity (Wildman–Crippen MR) is 127 cm³/mol. The number of aryl methyl sites for hydroxylation is 1. The first-order valence-electron chi connectivity index (χ1n) is 9.82. The number of carbonyl (C=O) groups is 2. The van der Waals surface area contributed by atoms with Crippen LogP contribution in [0.4, 0.5) is 0 Å². The second-order valence-corrected chi connectivity index (χ2v) is 7.97. The largest absolute Gasteiger partial charge is 0.422 e. The Morgan fingerprint density at radius 1 is 1.00 bits per heavy atom. The topological polar surface area (TPSA) is 65.0 Å². The number of carbonyl (C=O) groups excluding carboxylic acids is 2. The molecule has 0 unspecified atom stereocenters. The summed E-state index contributed by atoms with van der Waals surface area (Å²) < 4.78 is 11.6. The molecular weight excluding hydrogens is 470 g/mol. The Hall–Kier alpha value is -3.77. The molecule has 1 aliphatic heterocycles. The van der Waals surface area contributed by atoms with Crippen LogP contribution < -0.4 is 4.74 Å². The molecule has 0 aromatic heterocycles. The van der Waals surface area contributed by atoms with Gasteiger partial charge in [-0.15, -0.1) is 0 Å². The summed E-state index contributed by atoms with van der Waals surface area (Å²) in [4.78, 5) is 29.2. The van der Waals surface area contributed by atoms with E-state index in [0.717, 1.165) is 15.6 Å². The van der Waals surface area contributed by atoms with Crippen LogP contribution in [-0.4, -0.2) is 17.8 Å². The first-order valence-corrected chi connectivity index (χ1v) is 10.6. The van der Waals surface area contributed by atoms with Gasteiger partial charge in [0, 0.05) is 16.1 Å². The monoisotopic (exact) mass is 487 g/mol. The quantitative estimate of drug-likeness (QED) is 0.252. The molecule has 158 valence electrons. The first kappa shape index (κ1) is 21.5. The molecule has 0 N–H and O–H groups in total. The smallest absolute Gasteiger partial charge is 0.363 e. The van der Waals surface area contributed by atoms with Gasteiger partial charge in [0.05, 0.1) is 5.56 Å². The maximum Gasteiger partial charge on any atom is 0.363 e. The van der Waals surface area contributed by atoms with Crippen molar-refractivity contribution >= 4 is 45.9 Å². The molecule has 0 amide bonds. The Labute approximate surface area is 193 Å². The molecule has 5 nitrogen and oxygen atoms in total. The van der Waals surface area contributed by atoms with Crippen molar-refractivity contribution in [3.8, 4) is 5.75 Å². The number of benzene rings is 3. The van der Waals surface area contributed by atoms with Gasteiger partial charge in [-0.3, -0.25) is 0 Å². The Morgan fingerprint density at radius 2 is 1.81 bits per heavy atom. The summed E-state index contributed by atoms with van der Waals surface area (Å²) in [5, 5.41) is 0.